The molecular weight excluding hydrogens is 209 g/mol. The van der Waals surface area contributed by atoms with E-state index >= 15 is 0 Å². The fourth-order valence-corrected chi connectivity index (χ4v) is 1.08. The van der Waals surface area contributed by atoms with Crippen LogP contribution in [-0.4, -0.2) is 18.7 Å². The van der Waals surface area contributed by atoms with E-state index in [-0.39, 0.29) is 0 Å². The summed E-state index contributed by atoms with van der Waals surface area (Å²) >= 11 is 0. The highest BCUT2D eigenvalue weighted by Gasteiger charge is 2.20. The summed E-state index contributed by atoms with van der Waals surface area (Å²) in [6, 6.07) is 0. The van der Waals surface area contributed by atoms with Gasteiger partial charge in [0.2, 0.25) is 0 Å². The summed E-state index contributed by atoms with van der Waals surface area (Å²) in [5, 5.41) is 0. The number of rotatable bonds is 0. The Balaban J connectivity index is 0.000000195. The second-order valence-electron chi connectivity index (χ2n) is 2.78. The molecule has 0 saturated heterocycles. The summed E-state index contributed by atoms with van der Waals surface area (Å²) in [5.74, 6) is 0. The van der Waals surface area contributed by atoms with Crippen LogP contribution in [0.2, 0.25) is 0 Å². The van der Waals surface area contributed by atoms with Crippen LogP contribution in [0.3, 0.4) is 0 Å². The molecule has 2 rings (SSSR count). The predicted molar refractivity (Wildman–Crippen MR) is 51.1 cm³/mol. The second-order valence-corrected chi connectivity index (χ2v) is 2.78. The Morgan fingerprint density at radius 3 is 2.47 bits per heavy atom. The first-order valence-electron chi connectivity index (χ1n) is 4.24. The van der Waals surface area contributed by atoms with E-state index < -0.39 is 7.25 Å². The molecule has 0 unspecified atom stereocenters. The third kappa shape index (κ3) is 5.03. The SMILES string of the molecule is F[B-](F)(F)F.[C+]1=CC=CC2=CC=CCN12. The van der Waals surface area contributed by atoms with E-state index in [2.05, 4.69) is 35.4 Å². The van der Waals surface area contributed by atoms with Crippen molar-refractivity contribution in [2.24, 2.45) is 0 Å². The van der Waals surface area contributed by atoms with Crippen molar-refractivity contribution in [3.8, 4) is 0 Å². The lowest BCUT2D eigenvalue weighted by molar-refractivity contribution is 0.368. The maximum absolute atomic E-state index is 9.75. The molecule has 0 amide bonds. The molecule has 0 bridgehead atoms. The zero-order chi connectivity index (χ0) is 11.3. The van der Waals surface area contributed by atoms with E-state index in [1.165, 1.54) is 5.70 Å². The first-order valence-corrected chi connectivity index (χ1v) is 4.24. The van der Waals surface area contributed by atoms with Crippen LogP contribution in [0.4, 0.5) is 17.3 Å². The maximum Gasteiger partial charge on any atom is 0.673 e. The Hall–Kier alpha value is -1.55. The van der Waals surface area contributed by atoms with E-state index in [1.54, 1.807) is 0 Å². The molecule has 80 valence electrons. The summed E-state index contributed by atoms with van der Waals surface area (Å²) in [5.41, 5.74) is 1.23. The molecule has 0 spiro atoms. The van der Waals surface area contributed by atoms with Gasteiger partial charge in [0, 0.05) is 6.08 Å². The van der Waals surface area contributed by atoms with Gasteiger partial charge in [0.1, 0.15) is 12.3 Å². The van der Waals surface area contributed by atoms with Crippen molar-refractivity contribution < 1.29 is 17.3 Å². The molecule has 0 aromatic heterocycles. The van der Waals surface area contributed by atoms with Crippen molar-refractivity contribution in [3.63, 3.8) is 0 Å². The molecule has 1 nitrogen and oxygen atoms in total. The fraction of sp³-hybridized carbons (Fsp3) is 0.111. The molecule has 0 aromatic carbocycles. The highest BCUT2D eigenvalue weighted by molar-refractivity contribution is 6.50. The van der Waals surface area contributed by atoms with Crippen molar-refractivity contribution in [1.29, 1.82) is 0 Å². The molecule has 0 saturated carbocycles. The number of allylic oxidation sites excluding steroid dienone is 5. The molecule has 2 heterocycles. The van der Waals surface area contributed by atoms with Gasteiger partial charge in [0.25, 0.3) is 0 Å². The fourth-order valence-electron chi connectivity index (χ4n) is 1.08. The van der Waals surface area contributed by atoms with Gasteiger partial charge in [-0.3, -0.25) is 0 Å². The van der Waals surface area contributed by atoms with E-state index in [9.17, 15) is 17.3 Å². The molecule has 2 aliphatic rings. The Morgan fingerprint density at radius 2 is 1.87 bits per heavy atom. The quantitative estimate of drug-likeness (QED) is 0.342. The van der Waals surface area contributed by atoms with Crippen LogP contribution < -0.4 is 0 Å². The van der Waals surface area contributed by atoms with Gasteiger partial charge in [-0.15, -0.1) is 0 Å². The van der Waals surface area contributed by atoms with Crippen LogP contribution in [0.1, 0.15) is 0 Å². The van der Waals surface area contributed by atoms with Gasteiger partial charge >= 0.3 is 7.25 Å². The number of hydrogen-bond donors (Lipinski definition) is 0. The van der Waals surface area contributed by atoms with Crippen molar-refractivity contribution in [3.05, 3.63) is 48.4 Å². The minimum atomic E-state index is -6.00. The Labute approximate surface area is 85.2 Å². The standard InChI is InChI=1S/C9H8N.BF4/c1-3-7-10-8-4-2-6-9(10)5-1;2-1(3,4)5/h1-6H,7H2;/q+1;-1. The zero-order valence-electron chi connectivity index (χ0n) is 7.71. The average molecular weight is 217 g/mol. The van der Waals surface area contributed by atoms with Crippen LogP contribution >= 0.6 is 0 Å². The summed E-state index contributed by atoms with van der Waals surface area (Å²) in [4.78, 5) is 2.08. The van der Waals surface area contributed by atoms with Gasteiger partial charge in [-0.25, -0.2) is 0 Å². The average Bonchev–Trinajstić information content (AvgIpc) is 2.16. The second kappa shape index (κ2) is 4.80. The maximum atomic E-state index is 9.75. The summed E-state index contributed by atoms with van der Waals surface area (Å²) in [6.45, 7) is 0.951. The minimum Gasteiger partial charge on any atom is -0.418 e. The van der Waals surface area contributed by atoms with Crippen molar-refractivity contribution >= 4 is 7.25 Å². The molecular formula is C9H8BF4N. The monoisotopic (exact) mass is 217 g/mol. The molecule has 0 fully saturated rings. The van der Waals surface area contributed by atoms with Gasteiger partial charge in [0.15, 0.2) is 5.70 Å². The predicted octanol–water partition coefficient (Wildman–Crippen LogP) is 2.93. The van der Waals surface area contributed by atoms with E-state index in [4.69, 9.17) is 0 Å². The molecule has 0 atom stereocenters. The van der Waals surface area contributed by atoms with Gasteiger partial charge in [-0.05, 0) is 6.08 Å². The third-order valence-corrected chi connectivity index (χ3v) is 1.60. The van der Waals surface area contributed by atoms with Gasteiger partial charge in [-0.1, -0.05) is 6.08 Å². The molecule has 0 N–H and O–H groups in total. The zero-order valence-corrected chi connectivity index (χ0v) is 7.71. The lowest BCUT2D eigenvalue weighted by Gasteiger charge is -2.13. The topological polar surface area (TPSA) is 3.24 Å². The van der Waals surface area contributed by atoms with Crippen LogP contribution in [-0.2, 0) is 0 Å². The van der Waals surface area contributed by atoms with Crippen molar-refractivity contribution in [2.45, 2.75) is 0 Å². The highest BCUT2D eigenvalue weighted by Crippen LogP contribution is 2.14. The minimum absolute atomic E-state index is 0.951. The Bertz CT molecular complexity index is 321. The lowest BCUT2D eigenvalue weighted by atomic mass is 10.2. The lowest BCUT2D eigenvalue weighted by Crippen LogP contribution is -2.19. The van der Waals surface area contributed by atoms with Crippen LogP contribution in [0.5, 0.6) is 0 Å². The molecule has 0 aromatic rings. The normalized spacial score (nSPS) is 17.3. The largest absolute Gasteiger partial charge is 0.673 e. The van der Waals surface area contributed by atoms with E-state index in [0.29, 0.717) is 0 Å². The molecule has 6 heteroatoms. The van der Waals surface area contributed by atoms with Gasteiger partial charge < -0.3 is 17.3 Å². The molecule has 15 heavy (non-hydrogen) atoms. The molecule has 0 aliphatic carbocycles. The Morgan fingerprint density at radius 1 is 1.20 bits per heavy atom. The molecule has 0 radical (unpaired) electrons. The summed E-state index contributed by atoms with van der Waals surface area (Å²) in [6.07, 6.45) is 15.4. The van der Waals surface area contributed by atoms with E-state index in [0.717, 1.165) is 6.54 Å². The third-order valence-electron chi connectivity index (χ3n) is 1.60. The summed E-state index contributed by atoms with van der Waals surface area (Å²) < 4.78 is 39.0. The number of hydrogen-bond acceptors (Lipinski definition) is 1. The molecule has 2 aliphatic heterocycles. The van der Waals surface area contributed by atoms with Crippen molar-refractivity contribution in [1.82, 2.24) is 4.90 Å². The van der Waals surface area contributed by atoms with Gasteiger partial charge in [0.05, 0.1) is 18.7 Å². The first kappa shape index (κ1) is 11.5. The highest BCUT2D eigenvalue weighted by atomic mass is 19.5. The number of fused-ring (bicyclic) bond motifs is 1. The van der Waals surface area contributed by atoms with E-state index in [1.807, 2.05) is 12.2 Å². The number of halogens is 4. The van der Waals surface area contributed by atoms with Crippen molar-refractivity contribution in [2.75, 3.05) is 6.54 Å². The first-order chi connectivity index (χ1) is 6.97. The smallest absolute Gasteiger partial charge is 0.418 e. The van der Waals surface area contributed by atoms with Crippen LogP contribution in [0, 0.1) is 6.20 Å². The summed E-state index contributed by atoms with van der Waals surface area (Å²) in [7, 11) is -6.00. The Kier molecular flexibility index (Phi) is 3.69. The van der Waals surface area contributed by atoms with Crippen LogP contribution in [0.25, 0.3) is 0 Å². The van der Waals surface area contributed by atoms with Crippen LogP contribution in [0.15, 0.2) is 42.2 Å². The number of nitrogens with zero attached hydrogens (tertiary/aromatic N) is 1. The van der Waals surface area contributed by atoms with Gasteiger partial charge in [-0.2, -0.15) is 4.90 Å².